The van der Waals surface area contributed by atoms with Gasteiger partial charge in [-0.2, -0.15) is 0 Å². The topological polar surface area (TPSA) is 182 Å². The van der Waals surface area contributed by atoms with Crippen molar-refractivity contribution in [3.05, 3.63) is 45.7 Å². The van der Waals surface area contributed by atoms with Crippen LogP contribution in [0.3, 0.4) is 0 Å². The molecule has 10 heteroatoms. The van der Waals surface area contributed by atoms with E-state index in [-0.39, 0.29) is 29.2 Å². The average molecular weight is 513 g/mol. The molecule has 0 aliphatic heterocycles. The predicted molar refractivity (Wildman–Crippen MR) is 131 cm³/mol. The number of amides is 1. The standard InChI is InChI=1S/C27H32N2O8/c1-29(2)19-18-21(31)14-10-12-8-9-13(11-6-4-3-5-7-11)20(30)15(12)22(32)16(14)24(34)27(18,37)25(35)17(23(19)33)26(28)36/h8-9,11,14,18-19,21,30-32,35,37H,3-7,10H2,1-2H3,(H2,28,36)/t14-,18-,19+,21+,27+/m1/s1. The van der Waals surface area contributed by atoms with Gasteiger partial charge in [-0.25, -0.2) is 0 Å². The van der Waals surface area contributed by atoms with Crippen LogP contribution < -0.4 is 5.73 Å². The van der Waals surface area contributed by atoms with Gasteiger partial charge in [-0.15, -0.1) is 0 Å². The van der Waals surface area contributed by atoms with Crippen molar-refractivity contribution in [1.29, 1.82) is 0 Å². The first-order valence-corrected chi connectivity index (χ1v) is 12.6. The van der Waals surface area contributed by atoms with Gasteiger partial charge in [0, 0.05) is 11.5 Å². The van der Waals surface area contributed by atoms with Crippen LogP contribution in [0.5, 0.6) is 5.75 Å². The Morgan fingerprint density at radius 1 is 1.08 bits per heavy atom. The molecule has 4 aliphatic carbocycles. The van der Waals surface area contributed by atoms with E-state index in [1.807, 2.05) is 6.07 Å². The summed E-state index contributed by atoms with van der Waals surface area (Å²) >= 11 is 0. The molecule has 198 valence electrons. The van der Waals surface area contributed by atoms with Crippen LogP contribution in [0.1, 0.15) is 54.7 Å². The van der Waals surface area contributed by atoms with Crippen molar-refractivity contribution in [3.8, 4) is 5.75 Å². The largest absolute Gasteiger partial charge is 0.508 e. The first kappa shape index (κ1) is 25.4. The lowest BCUT2D eigenvalue weighted by Crippen LogP contribution is -2.70. The first-order valence-electron chi connectivity index (χ1n) is 12.6. The number of primary amides is 1. The van der Waals surface area contributed by atoms with Gasteiger partial charge in [0.2, 0.25) is 5.78 Å². The van der Waals surface area contributed by atoms with Crippen LogP contribution in [0, 0.1) is 11.8 Å². The summed E-state index contributed by atoms with van der Waals surface area (Å²) < 4.78 is 0. The van der Waals surface area contributed by atoms with Crippen LogP contribution in [-0.4, -0.2) is 79.7 Å². The van der Waals surface area contributed by atoms with E-state index >= 15 is 0 Å². The molecule has 5 rings (SSSR count). The van der Waals surface area contributed by atoms with E-state index in [9.17, 15) is 39.9 Å². The zero-order chi connectivity index (χ0) is 27.0. The Bertz CT molecular complexity index is 1280. The zero-order valence-corrected chi connectivity index (χ0v) is 20.8. The van der Waals surface area contributed by atoms with E-state index < -0.39 is 64.1 Å². The fourth-order valence-electron chi connectivity index (χ4n) is 6.99. The van der Waals surface area contributed by atoms with Gasteiger partial charge in [0.1, 0.15) is 22.8 Å². The van der Waals surface area contributed by atoms with Crippen molar-refractivity contribution in [1.82, 2.24) is 4.90 Å². The average Bonchev–Trinajstić information content (AvgIpc) is 2.84. The molecule has 1 amide bonds. The highest BCUT2D eigenvalue weighted by Gasteiger charge is 2.67. The summed E-state index contributed by atoms with van der Waals surface area (Å²) in [7, 11) is 2.95. The molecule has 0 saturated heterocycles. The van der Waals surface area contributed by atoms with Crippen LogP contribution in [0.15, 0.2) is 29.0 Å². The van der Waals surface area contributed by atoms with Crippen molar-refractivity contribution >= 4 is 23.2 Å². The summed E-state index contributed by atoms with van der Waals surface area (Å²) in [6.07, 6.45) is 3.42. The van der Waals surface area contributed by atoms with E-state index in [0.29, 0.717) is 11.1 Å². The number of rotatable bonds is 3. The highest BCUT2D eigenvalue weighted by Crippen LogP contribution is 2.53. The molecule has 0 radical (unpaired) electrons. The summed E-state index contributed by atoms with van der Waals surface area (Å²) in [4.78, 5) is 40.5. The number of hydrogen-bond donors (Lipinski definition) is 6. The third kappa shape index (κ3) is 3.39. The lowest BCUT2D eigenvalue weighted by atomic mass is 9.56. The van der Waals surface area contributed by atoms with E-state index in [0.717, 1.165) is 32.1 Å². The third-order valence-electron chi connectivity index (χ3n) is 8.75. The van der Waals surface area contributed by atoms with Crippen molar-refractivity contribution in [2.24, 2.45) is 17.6 Å². The smallest absolute Gasteiger partial charge is 0.255 e. The van der Waals surface area contributed by atoms with Crippen LogP contribution in [0.4, 0.5) is 0 Å². The number of benzene rings is 1. The number of nitrogens with two attached hydrogens (primary N) is 1. The number of aromatic hydroxyl groups is 1. The molecular formula is C27H32N2O8. The SMILES string of the molecule is CN(C)[C@@H]1C(=O)C(C(N)=O)=C(O)[C@@]2(O)C(=O)C3=C(O)c4c(ccc(C5CCCCC5)c4O)C[C@H]3[C@H](O)[C@@H]12. The van der Waals surface area contributed by atoms with Gasteiger partial charge in [0.25, 0.3) is 5.91 Å². The molecule has 37 heavy (non-hydrogen) atoms. The Morgan fingerprint density at radius 3 is 2.32 bits per heavy atom. The van der Waals surface area contributed by atoms with Gasteiger partial charge in [-0.1, -0.05) is 31.4 Å². The maximum Gasteiger partial charge on any atom is 0.255 e. The zero-order valence-electron chi connectivity index (χ0n) is 20.8. The third-order valence-corrected chi connectivity index (χ3v) is 8.75. The quantitative estimate of drug-likeness (QED) is 0.322. The minimum Gasteiger partial charge on any atom is -0.508 e. The molecule has 0 aromatic heterocycles. The Morgan fingerprint density at radius 2 is 1.73 bits per heavy atom. The van der Waals surface area contributed by atoms with Gasteiger partial charge in [-0.05, 0) is 50.4 Å². The number of nitrogens with zero attached hydrogens (tertiary/aromatic N) is 1. The number of aliphatic hydroxyl groups excluding tert-OH is 3. The number of Topliss-reactive ketones (excluding diaryl/α,β-unsaturated/α-hetero) is 2. The van der Waals surface area contributed by atoms with Crippen molar-refractivity contribution in [2.45, 2.75) is 62.2 Å². The predicted octanol–water partition coefficient (Wildman–Crippen LogP) is 0.983. The van der Waals surface area contributed by atoms with E-state index in [1.54, 1.807) is 6.07 Å². The number of carbonyl (C=O) groups is 3. The van der Waals surface area contributed by atoms with Crippen molar-refractivity contribution in [2.75, 3.05) is 14.1 Å². The van der Waals surface area contributed by atoms with Crippen LogP contribution in [-0.2, 0) is 20.8 Å². The second-order valence-corrected chi connectivity index (χ2v) is 10.9. The highest BCUT2D eigenvalue weighted by atomic mass is 16.4. The highest BCUT2D eigenvalue weighted by molar-refractivity contribution is 6.24. The van der Waals surface area contributed by atoms with Crippen LogP contribution in [0.2, 0.25) is 0 Å². The normalized spacial score (nSPS) is 32.4. The number of aliphatic hydroxyl groups is 4. The Kier molecular flexibility index (Phi) is 5.97. The molecular weight excluding hydrogens is 480 g/mol. The summed E-state index contributed by atoms with van der Waals surface area (Å²) in [6.45, 7) is 0. The second kappa shape index (κ2) is 8.68. The second-order valence-electron chi connectivity index (χ2n) is 10.9. The van der Waals surface area contributed by atoms with E-state index in [1.165, 1.54) is 19.0 Å². The Hall–Kier alpha value is -3.21. The molecule has 0 bridgehead atoms. The minimum atomic E-state index is -2.89. The lowest BCUT2D eigenvalue weighted by Gasteiger charge is -2.52. The minimum absolute atomic E-state index is 0.0498. The number of fused-ring (bicyclic) bond motifs is 3. The number of hydrogen-bond acceptors (Lipinski definition) is 9. The number of carbonyl (C=O) groups excluding carboxylic acids is 3. The van der Waals surface area contributed by atoms with Gasteiger partial charge >= 0.3 is 0 Å². The molecule has 0 spiro atoms. The van der Waals surface area contributed by atoms with Crippen LogP contribution in [0.25, 0.3) is 5.76 Å². The summed E-state index contributed by atoms with van der Waals surface area (Å²) in [5.74, 6) is -7.82. The monoisotopic (exact) mass is 512 g/mol. The van der Waals surface area contributed by atoms with Gasteiger partial charge in [-0.3, -0.25) is 19.3 Å². The fourth-order valence-corrected chi connectivity index (χ4v) is 6.99. The van der Waals surface area contributed by atoms with Crippen molar-refractivity contribution in [3.63, 3.8) is 0 Å². The van der Waals surface area contributed by atoms with Crippen molar-refractivity contribution < 1.29 is 39.9 Å². The van der Waals surface area contributed by atoms with Crippen LogP contribution >= 0.6 is 0 Å². The van der Waals surface area contributed by atoms with Gasteiger partial charge in [0.05, 0.1) is 23.6 Å². The summed E-state index contributed by atoms with van der Waals surface area (Å²) in [5.41, 5.74) is 2.40. The maximum absolute atomic E-state index is 13.9. The molecule has 4 aliphatic rings. The summed E-state index contributed by atoms with van der Waals surface area (Å²) in [6, 6.07) is 2.23. The molecule has 2 fully saturated rings. The number of likely N-dealkylation sites (N-methyl/N-ethyl adjacent to an activating group) is 1. The Balaban J connectivity index is 1.71. The van der Waals surface area contributed by atoms with E-state index in [4.69, 9.17) is 5.73 Å². The fraction of sp³-hybridized carbons (Fsp3) is 0.519. The van der Waals surface area contributed by atoms with Gasteiger partial charge in [0.15, 0.2) is 11.4 Å². The molecule has 5 atom stereocenters. The molecule has 1 aromatic rings. The van der Waals surface area contributed by atoms with E-state index in [2.05, 4.69) is 0 Å². The maximum atomic E-state index is 13.9. The Labute approximate surface area is 213 Å². The molecule has 1 aromatic carbocycles. The summed E-state index contributed by atoms with van der Waals surface area (Å²) in [5, 5.41) is 56.6. The molecule has 10 nitrogen and oxygen atoms in total. The lowest BCUT2D eigenvalue weighted by molar-refractivity contribution is -0.168. The first-order chi connectivity index (χ1) is 17.4. The molecule has 2 saturated carbocycles. The molecule has 7 N–H and O–H groups in total. The number of phenols is 1. The molecule has 0 heterocycles. The molecule has 0 unspecified atom stereocenters. The number of ketones is 2. The van der Waals surface area contributed by atoms with Gasteiger partial charge < -0.3 is 31.3 Å². The number of phenolic OH excluding ortho intramolecular Hbond substituents is 1.